The van der Waals surface area contributed by atoms with Crippen LogP contribution in [-0.4, -0.2) is 16.8 Å². The number of anilines is 1. The Morgan fingerprint density at radius 3 is 2.48 bits per heavy atom. The molecule has 1 N–H and O–H groups in total. The number of alkyl halides is 3. The van der Waals surface area contributed by atoms with Crippen molar-refractivity contribution in [2.75, 3.05) is 12.1 Å². The van der Waals surface area contributed by atoms with E-state index in [1.807, 2.05) is 30.3 Å². The van der Waals surface area contributed by atoms with Gasteiger partial charge in [-0.2, -0.15) is 23.0 Å². The molecule has 0 saturated carbocycles. The van der Waals surface area contributed by atoms with Gasteiger partial charge in [-0.1, -0.05) is 36.4 Å². The molecule has 5 nitrogen and oxygen atoms in total. The van der Waals surface area contributed by atoms with Gasteiger partial charge in [-0.3, -0.25) is 4.79 Å². The molecule has 0 bridgehead atoms. The number of benzene rings is 2. The van der Waals surface area contributed by atoms with E-state index in [0.717, 1.165) is 22.4 Å². The average Bonchev–Trinajstić information content (AvgIpc) is 2.66. The monoisotopic (exact) mass is 374 g/mol. The highest BCUT2D eigenvalue weighted by molar-refractivity contribution is 5.43. The lowest BCUT2D eigenvalue weighted by molar-refractivity contribution is -0.137. The molecule has 0 saturated heterocycles. The van der Waals surface area contributed by atoms with Crippen LogP contribution in [0.2, 0.25) is 0 Å². The van der Waals surface area contributed by atoms with Crippen LogP contribution in [0.15, 0.2) is 71.7 Å². The highest BCUT2D eigenvalue weighted by Crippen LogP contribution is 2.30. The number of halogens is 3. The third-order valence-electron chi connectivity index (χ3n) is 3.95. The third kappa shape index (κ3) is 4.53. The van der Waals surface area contributed by atoms with Gasteiger partial charge in [-0.15, -0.1) is 0 Å². The quantitative estimate of drug-likeness (QED) is 0.696. The van der Waals surface area contributed by atoms with Crippen LogP contribution < -0.4 is 16.0 Å². The second kappa shape index (κ2) is 7.63. The van der Waals surface area contributed by atoms with Gasteiger partial charge in [0.05, 0.1) is 23.1 Å². The molecular formula is C19H17F3N4O. The number of hydrazine groups is 1. The Kier molecular flexibility index (Phi) is 5.27. The summed E-state index contributed by atoms with van der Waals surface area (Å²) in [7, 11) is 1.73. The number of hydrogen-bond donors (Lipinski definition) is 1. The van der Waals surface area contributed by atoms with E-state index in [4.69, 9.17) is 0 Å². The van der Waals surface area contributed by atoms with Gasteiger partial charge in [0.25, 0.3) is 5.56 Å². The molecule has 0 aliphatic heterocycles. The van der Waals surface area contributed by atoms with E-state index in [9.17, 15) is 18.0 Å². The molecule has 140 valence electrons. The van der Waals surface area contributed by atoms with Gasteiger partial charge in [0.2, 0.25) is 0 Å². The number of nitrogens with one attached hydrogen (secondary N) is 1. The van der Waals surface area contributed by atoms with Gasteiger partial charge >= 0.3 is 6.18 Å². The lowest BCUT2D eigenvalue weighted by Crippen LogP contribution is -2.35. The molecule has 27 heavy (non-hydrogen) atoms. The van der Waals surface area contributed by atoms with Crippen molar-refractivity contribution in [2.45, 2.75) is 12.7 Å². The zero-order valence-electron chi connectivity index (χ0n) is 14.4. The molecule has 0 unspecified atom stereocenters. The molecule has 0 aliphatic carbocycles. The highest BCUT2D eigenvalue weighted by atomic mass is 19.4. The second-order valence-electron chi connectivity index (χ2n) is 5.89. The fourth-order valence-corrected chi connectivity index (χ4v) is 2.49. The maximum atomic E-state index is 12.9. The SMILES string of the molecule is CN(NCc1ccccc1)c1cnn(-c2cccc(C(F)(F)F)c2)c(=O)c1. The van der Waals surface area contributed by atoms with Gasteiger partial charge in [0.1, 0.15) is 0 Å². The second-order valence-corrected chi connectivity index (χ2v) is 5.89. The van der Waals surface area contributed by atoms with Crippen LogP contribution in [0.3, 0.4) is 0 Å². The first-order chi connectivity index (χ1) is 12.8. The molecule has 0 aliphatic rings. The predicted octanol–water partition coefficient (Wildman–Crippen LogP) is 3.39. The number of hydrogen-bond acceptors (Lipinski definition) is 4. The van der Waals surface area contributed by atoms with Gasteiger partial charge in [0.15, 0.2) is 0 Å². The molecular weight excluding hydrogens is 357 g/mol. The van der Waals surface area contributed by atoms with E-state index in [2.05, 4.69) is 10.5 Å². The molecule has 3 aromatic rings. The van der Waals surface area contributed by atoms with Crippen molar-refractivity contribution in [2.24, 2.45) is 0 Å². The van der Waals surface area contributed by atoms with E-state index >= 15 is 0 Å². The summed E-state index contributed by atoms with van der Waals surface area (Å²) < 4.78 is 39.5. The van der Waals surface area contributed by atoms with Crippen molar-refractivity contribution in [1.29, 1.82) is 0 Å². The van der Waals surface area contributed by atoms with Crippen LogP contribution in [0, 0.1) is 0 Å². The standard InChI is InChI=1S/C19H17F3N4O/c1-25(23-12-14-6-3-2-4-7-14)17-11-18(27)26(24-13-17)16-9-5-8-15(10-16)19(20,21)22/h2-11,13,23H,12H2,1H3. The minimum Gasteiger partial charge on any atom is -0.309 e. The number of rotatable bonds is 5. The lowest BCUT2D eigenvalue weighted by atomic mass is 10.2. The lowest BCUT2D eigenvalue weighted by Gasteiger charge is -2.20. The molecule has 8 heteroatoms. The third-order valence-corrected chi connectivity index (χ3v) is 3.95. The average molecular weight is 374 g/mol. The molecule has 0 fully saturated rings. The zero-order valence-corrected chi connectivity index (χ0v) is 14.4. The molecule has 0 spiro atoms. The molecule has 2 aromatic carbocycles. The largest absolute Gasteiger partial charge is 0.416 e. The van der Waals surface area contributed by atoms with E-state index in [1.165, 1.54) is 24.4 Å². The van der Waals surface area contributed by atoms with Crippen LogP contribution in [0.5, 0.6) is 0 Å². The van der Waals surface area contributed by atoms with Crippen LogP contribution in [0.25, 0.3) is 5.69 Å². The maximum absolute atomic E-state index is 12.9. The van der Waals surface area contributed by atoms with Crippen molar-refractivity contribution < 1.29 is 13.2 Å². The summed E-state index contributed by atoms with van der Waals surface area (Å²) in [4.78, 5) is 12.3. The Hall–Kier alpha value is -3.13. The molecule has 1 heterocycles. The van der Waals surface area contributed by atoms with Crippen molar-refractivity contribution in [1.82, 2.24) is 15.2 Å². The van der Waals surface area contributed by atoms with E-state index < -0.39 is 17.3 Å². The Morgan fingerprint density at radius 2 is 1.81 bits per heavy atom. The first-order valence-electron chi connectivity index (χ1n) is 8.13. The summed E-state index contributed by atoms with van der Waals surface area (Å²) in [6.07, 6.45) is -3.07. The van der Waals surface area contributed by atoms with Crippen molar-refractivity contribution in [3.05, 3.63) is 88.3 Å². The summed E-state index contributed by atoms with van der Waals surface area (Å²) >= 11 is 0. The molecule has 1 aromatic heterocycles. The molecule has 0 atom stereocenters. The van der Waals surface area contributed by atoms with E-state index in [1.54, 1.807) is 12.1 Å². The Bertz CT molecular complexity index is 970. The summed E-state index contributed by atoms with van der Waals surface area (Å²) in [5, 5.41) is 5.64. The summed E-state index contributed by atoms with van der Waals surface area (Å²) in [5.74, 6) is 0. The van der Waals surface area contributed by atoms with Crippen molar-refractivity contribution in [3.8, 4) is 5.69 Å². The van der Waals surface area contributed by atoms with Crippen LogP contribution in [-0.2, 0) is 12.7 Å². The van der Waals surface area contributed by atoms with Crippen molar-refractivity contribution >= 4 is 5.69 Å². The Labute approximate surface area is 153 Å². The first-order valence-corrected chi connectivity index (χ1v) is 8.13. The summed E-state index contributed by atoms with van der Waals surface area (Å²) in [6.45, 7) is 0.550. The van der Waals surface area contributed by atoms with E-state index in [0.29, 0.717) is 12.2 Å². The van der Waals surface area contributed by atoms with Gasteiger partial charge in [-0.25, -0.2) is 5.43 Å². The van der Waals surface area contributed by atoms with E-state index in [-0.39, 0.29) is 5.69 Å². The Balaban J connectivity index is 1.79. The smallest absolute Gasteiger partial charge is 0.309 e. The van der Waals surface area contributed by atoms with Crippen molar-refractivity contribution in [3.63, 3.8) is 0 Å². The summed E-state index contributed by atoms with van der Waals surface area (Å²) in [5.41, 5.74) is 3.39. The van der Waals surface area contributed by atoms with Crippen LogP contribution in [0.4, 0.5) is 18.9 Å². The highest BCUT2D eigenvalue weighted by Gasteiger charge is 2.30. The fourth-order valence-electron chi connectivity index (χ4n) is 2.49. The maximum Gasteiger partial charge on any atom is 0.416 e. The first kappa shape index (κ1) is 18.7. The molecule has 0 amide bonds. The predicted molar refractivity (Wildman–Crippen MR) is 96.5 cm³/mol. The molecule has 0 radical (unpaired) electrons. The normalized spacial score (nSPS) is 11.4. The molecule has 3 rings (SSSR count). The summed E-state index contributed by atoms with van der Waals surface area (Å²) in [6, 6.07) is 15.5. The number of aromatic nitrogens is 2. The fraction of sp³-hybridized carbons (Fsp3) is 0.158. The van der Waals surface area contributed by atoms with Gasteiger partial charge < -0.3 is 5.01 Å². The minimum absolute atomic E-state index is 0.0567. The van der Waals surface area contributed by atoms with Gasteiger partial charge in [-0.05, 0) is 23.8 Å². The zero-order chi connectivity index (χ0) is 19.4. The van der Waals surface area contributed by atoms with Crippen LogP contribution in [0.1, 0.15) is 11.1 Å². The topological polar surface area (TPSA) is 50.2 Å². The Morgan fingerprint density at radius 1 is 1.07 bits per heavy atom. The minimum atomic E-state index is -4.48. The number of nitrogens with zero attached hydrogens (tertiary/aromatic N) is 3. The van der Waals surface area contributed by atoms with Crippen LogP contribution >= 0.6 is 0 Å². The van der Waals surface area contributed by atoms with Gasteiger partial charge in [0, 0.05) is 19.7 Å².